The monoisotopic (exact) mass is 224 g/mol. The van der Waals surface area contributed by atoms with E-state index in [-0.39, 0.29) is 11.1 Å². The smallest absolute Gasteiger partial charge is 0.264 e. The SMILES string of the molecule is Cc1ccsc1C=C1SC(=N)NC1=O. The summed E-state index contributed by atoms with van der Waals surface area (Å²) in [6.07, 6.45) is 1.83. The van der Waals surface area contributed by atoms with Crippen LogP contribution in [0.4, 0.5) is 0 Å². The van der Waals surface area contributed by atoms with Gasteiger partial charge in [0, 0.05) is 4.88 Å². The molecule has 2 heterocycles. The highest BCUT2D eigenvalue weighted by atomic mass is 32.2. The summed E-state index contributed by atoms with van der Waals surface area (Å²) in [6.45, 7) is 2.01. The van der Waals surface area contributed by atoms with E-state index in [0.29, 0.717) is 4.91 Å². The third-order valence-electron chi connectivity index (χ3n) is 1.83. The van der Waals surface area contributed by atoms with Gasteiger partial charge in [-0.1, -0.05) is 0 Å². The van der Waals surface area contributed by atoms with Crippen LogP contribution in [0.1, 0.15) is 10.4 Å². The predicted molar refractivity (Wildman–Crippen MR) is 60.5 cm³/mol. The van der Waals surface area contributed by atoms with Gasteiger partial charge in [-0.15, -0.1) is 11.3 Å². The van der Waals surface area contributed by atoms with Crippen molar-refractivity contribution in [3.8, 4) is 0 Å². The van der Waals surface area contributed by atoms with Crippen molar-refractivity contribution in [1.82, 2.24) is 5.32 Å². The molecule has 0 spiro atoms. The molecule has 0 saturated carbocycles. The number of rotatable bonds is 1. The number of thioether (sulfide) groups is 1. The van der Waals surface area contributed by atoms with Gasteiger partial charge in [0.05, 0.1) is 4.91 Å². The quantitative estimate of drug-likeness (QED) is 0.718. The lowest BCUT2D eigenvalue weighted by molar-refractivity contribution is -0.115. The molecule has 1 aromatic rings. The molecule has 0 radical (unpaired) electrons. The molecule has 2 rings (SSSR count). The van der Waals surface area contributed by atoms with Gasteiger partial charge in [0.15, 0.2) is 5.17 Å². The molecule has 72 valence electrons. The van der Waals surface area contributed by atoms with Crippen LogP contribution in [0.15, 0.2) is 16.4 Å². The van der Waals surface area contributed by atoms with Gasteiger partial charge in [-0.05, 0) is 41.8 Å². The second kappa shape index (κ2) is 3.59. The Balaban J connectivity index is 2.32. The standard InChI is InChI=1S/C9H8N2OS2/c1-5-2-3-13-6(5)4-7-8(12)11-9(10)14-7/h2-4H,1H3,(H2,10,11,12). The molecule has 14 heavy (non-hydrogen) atoms. The topological polar surface area (TPSA) is 53.0 Å². The molecule has 1 amide bonds. The Kier molecular flexibility index (Phi) is 2.43. The lowest BCUT2D eigenvalue weighted by Crippen LogP contribution is -2.18. The first kappa shape index (κ1) is 9.48. The van der Waals surface area contributed by atoms with Crippen molar-refractivity contribution < 1.29 is 4.79 Å². The Morgan fingerprint density at radius 2 is 2.36 bits per heavy atom. The highest BCUT2D eigenvalue weighted by Crippen LogP contribution is 2.27. The summed E-state index contributed by atoms with van der Waals surface area (Å²) in [7, 11) is 0. The van der Waals surface area contributed by atoms with E-state index in [1.807, 2.05) is 24.4 Å². The first-order chi connectivity index (χ1) is 6.66. The molecular weight excluding hydrogens is 216 g/mol. The molecule has 0 bridgehead atoms. The number of hydrogen-bond acceptors (Lipinski definition) is 4. The van der Waals surface area contributed by atoms with Crippen LogP contribution < -0.4 is 5.32 Å². The van der Waals surface area contributed by atoms with Gasteiger partial charge in [-0.2, -0.15) is 0 Å². The second-order valence-corrected chi connectivity index (χ2v) is 4.86. The number of amides is 1. The van der Waals surface area contributed by atoms with E-state index in [1.54, 1.807) is 11.3 Å². The lowest BCUT2D eigenvalue weighted by Gasteiger charge is -1.91. The minimum Gasteiger partial charge on any atom is -0.301 e. The number of nitrogens with one attached hydrogen (secondary N) is 2. The van der Waals surface area contributed by atoms with E-state index in [0.717, 1.165) is 10.4 Å². The average molecular weight is 224 g/mol. The van der Waals surface area contributed by atoms with Gasteiger partial charge in [0.2, 0.25) is 0 Å². The molecular formula is C9H8N2OS2. The second-order valence-electron chi connectivity index (χ2n) is 2.86. The zero-order valence-electron chi connectivity index (χ0n) is 7.46. The fourth-order valence-electron chi connectivity index (χ4n) is 1.09. The molecule has 3 nitrogen and oxygen atoms in total. The molecule has 0 unspecified atom stereocenters. The van der Waals surface area contributed by atoms with Crippen LogP contribution >= 0.6 is 23.1 Å². The Labute approximate surface area is 89.7 Å². The number of amidine groups is 1. The molecule has 0 atom stereocenters. The summed E-state index contributed by atoms with van der Waals surface area (Å²) < 4.78 is 0. The van der Waals surface area contributed by atoms with Crippen molar-refractivity contribution in [3.05, 3.63) is 26.8 Å². The normalized spacial score (nSPS) is 19.1. The van der Waals surface area contributed by atoms with Crippen molar-refractivity contribution in [2.45, 2.75) is 6.92 Å². The molecule has 1 fully saturated rings. The summed E-state index contributed by atoms with van der Waals surface area (Å²) in [5.74, 6) is -0.173. The Hall–Kier alpha value is -1.07. The van der Waals surface area contributed by atoms with Crippen LogP contribution in [0.3, 0.4) is 0 Å². The van der Waals surface area contributed by atoms with Gasteiger partial charge in [0.1, 0.15) is 0 Å². The summed E-state index contributed by atoms with van der Waals surface area (Å²) >= 11 is 2.77. The van der Waals surface area contributed by atoms with Crippen LogP contribution in [0.25, 0.3) is 6.08 Å². The molecule has 1 aliphatic heterocycles. The van der Waals surface area contributed by atoms with E-state index in [1.165, 1.54) is 11.8 Å². The van der Waals surface area contributed by atoms with E-state index in [9.17, 15) is 4.79 Å². The maximum absolute atomic E-state index is 11.3. The molecule has 0 aliphatic carbocycles. The van der Waals surface area contributed by atoms with Gasteiger partial charge in [-0.3, -0.25) is 10.2 Å². The van der Waals surface area contributed by atoms with E-state index >= 15 is 0 Å². The van der Waals surface area contributed by atoms with Crippen molar-refractivity contribution in [2.24, 2.45) is 0 Å². The highest BCUT2D eigenvalue weighted by molar-refractivity contribution is 8.18. The third kappa shape index (κ3) is 1.73. The Morgan fingerprint density at radius 3 is 2.86 bits per heavy atom. The molecule has 1 aromatic heterocycles. The minimum atomic E-state index is -0.173. The summed E-state index contributed by atoms with van der Waals surface area (Å²) in [5, 5.41) is 11.9. The zero-order valence-corrected chi connectivity index (χ0v) is 9.09. The first-order valence-corrected chi connectivity index (χ1v) is 5.70. The summed E-state index contributed by atoms with van der Waals surface area (Å²) in [5.41, 5.74) is 1.16. The molecule has 0 aromatic carbocycles. The highest BCUT2D eigenvalue weighted by Gasteiger charge is 2.22. The molecule has 5 heteroatoms. The molecule has 2 N–H and O–H groups in total. The first-order valence-electron chi connectivity index (χ1n) is 4.00. The van der Waals surface area contributed by atoms with Crippen LogP contribution in [-0.4, -0.2) is 11.1 Å². The van der Waals surface area contributed by atoms with Gasteiger partial charge < -0.3 is 5.32 Å². The maximum Gasteiger partial charge on any atom is 0.264 e. The van der Waals surface area contributed by atoms with Crippen LogP contribution in [-0.2, 0) is 4.79 Å². The fraction of sp³-hybridized carbons (Fsp3) is 0.111. The van der Waals surface area contributed by atoms with Crippen LogP contribution in [0, 0.1) is 12.3 Å². The van der Waals surface area contributed by atoms with Crippen molar-refractivity contribution in [3.63, 3.8) is 0 Å². The largest absolute Gasteiger partial charge is 0.301 e. The van der Waals surface area contributed by atoms with E-state index in [4.69, 9.17) is 5.41 Å². The number of aryl methyl sites for hydroxylation is 1. The van der Waals surface area contributed by atoms with Gasteiger partial charge in [-0.25, -0.2) is 0 Å². The van der Waals surface area contributed by atoms with Gasteiger partial charge in [0.25, 0.3) is 5.91 Å². The maximum atomic E-state index is 11.3. The number of carbonyl (C=O) groups excluding carboxylic acids is 1. The molecule has 1 aliphatic rings. The van der Waals surface area contributed by atoms with Crippen molar-refractivity contribution >= 4 is 40.2 Å². The van der Waals surface area contributed by atoms with Crippen molar-refractivity contribution in [2.75, 3.05) is 0 Å². The fourth-order valence-corrected chi connectivity index (χ4v) is 2.71. The van der Waals surface area contributed by atoms with Crippen LogP contribution in [0.5, 0.6) is 0 Å². The molecule has 1 saturated heterocycles. The Bertz CT molecular complexity index is 434. The lowest BCUT2D eigenvalue weighted by atomic mass is 10.3. The zero-order chi connectivity index (χ0) is 10.1. The average Bonchev–Trinajstić information content (AvgIpc) is 2.62. The summed E-state index contributed by atoms with van der Waals surface area (Å²) in [6, 6.07) is 2.01. The van der Waals surface area contributed by atoms with E-state index < -0.39 is 0 Å². The van der Waals surface area contributed by atoms with E-state index in [2.05, 4.69) is 5.32 Å². The van der Waals surface area contributed by atoms with Crippen LogP contribution in [0.2, 0.25) is 0 Å². The van der Waals surface area contributed by atoms with Crippen molar-refractivity contribution in [1.29, 1.82) is 5.41 Å². The number of thiophene rings is 1. The predicted octanol–water partition coefficient (Wildman–Crippen LogP) is 2.20. The van der Waals surface area contributed by atoms with Gasteiger partial charge >= 0.3 is 0 Å². The Morgan fingerprint density at radius 1 is 1.57 bits per heavy atom. The summed E-state index contributed by atoms with van der Waals surface area (Å²) in [4.78, 5) is 13.0. The number of hydrogen-bond donors (Lipinski definition) is 2. The third-order valence-corrected chi connectivity index (χ3v) is 3.62. The minimum absolute atomic E-state index is 0.173. The number of carbonyl (C=O) groups is 1.